The summed E-state index contributed by atoms with van der Waals surface area (Å²) in [5.74, 6) is -1.59. The van der Waals surface area contributed by atoms with Gasteiger partial charge in [-0.25, -0.2) is 0 Å². The van der Waals surface area contributed by atoms with Gasteiger partial charge in [-0.2, -0.15) is 0 Å². The first kappa shape index (κ1) is 24.7. The van der Waals surface area contributed by atoms with Crippen LogP contribution in [0.15, 0.2) is 84.9 Å². The van der Waals surface area contributed by atoms with Gasteiger partial charge in [0.1, 0.15) is 11.7 Å². The van der Waals surface area contributed by atoms with E-state index in [9.17, 15) is 15.0 Å². The molecule has 33 heavy (non-hydrogen) atoms. The van der Waals surface area contributed by atoms with Crippen LogP contribution in [0.2, 0.25) is 5.04 Å². The van der Waals surface area contributed by atoms with E-state index in [1.165, 1.54) is 0 Å². The third-order valence-corrected chi connectivity index (χ3v) is 11.0. The molecule has 0 saturated heterocycles. The Morgan fingerprint density at radius 2 is 1.36 bits per heavy atom. The molecule has 3 rings (SSSR count). The lowest BCUT2D eigenvalue weighted by molar-refractivity contribution is -0.142. The number of carbonyl (C=O) groups is 1. The molecule has 0 radical (unpaired) electrons. The molecule has 5 nitrogen and oxygen atoms in total. The van der Waals surface area contributed by atoms with Crippen LogP contribution in [0.1, 0.15) is 32.3 Å². The molecular formula is C27H32O5Si. The molecule has 0 aliphatic carbocycles. The molecule has 0 aromatic heterocycles. The van der Waals surface area contributed by atoms with Crippen LogP contribution in [0.5, 0.6) is 5.75 Å². The van der Waals surface area contributed by atoms with Crippen molar-refractivity contribution in [2.75, 3.05) is 13.7 Å². The Morgan fingerprint density at radius 3 is 1.76 bits per heavy atom. The summed E-state index contributed by atoms with van der Waals surface area (Å²) in [5.41, 5.74) is 0.502. The van der Waals surface area contributed by atoms with Gasteiger partial charge in [0.15, 0.2) is 0 Å². The topological polar surface area (TPSA) is 76.0 Å². The Morgan fingerprint density at radius 1 is 0.879 bits per heavy atom. The summed E-state index contributed by atoms with van der Waals surface area (Å²) in [4.78, 5) is 12.1. The molecule has 3 aromatic rings. The predicted octanol–water partition coefficient (Wildman–Crippen LogP) is 3.80. The number of carboxylic acid groups (broad SMARTS) is 1. The van der Waals surface area contributed by atoms with E-state index in [-0.39, 0.29) is 11.6 Å². The number of aliphatic carboxylic acids is 1. The summed E-state index contributed by atoms with van der Waals surface area (Å²) < 4.78 is 11.9. The van der Waals surface area contributed by atoms with Crippen molar-refractivity contribution >= 4 is 24.7 Å². The minimum absolute atomic E-state index is 0.101. The molecule has 0 aliphatic rings. The Hall–Kier alpha value is -2.93. The normalized spacial score (nSPS) is 13.8. The Kier molecular flexibility index (Phi) is 7.74. The molecule has 6 heteroatoms. The first-order valence-electron chi connectivity index (χ1n) is 11.0. The highest BCUT2D eigenvalue weighted by Gasteiger charge is 2.50. The quantitative estimate of drug-likeness (QED) is 0.471. The van der Waals surface area contributed by atoms with Gasteiger partial charge < -0.3 is 19.4 Å². The Bertz CT molecular complexity index is 990. The summed E-state index contributed by atoms with van der Waals surface area (Å²) >= 11 is 0. The summed E-state index contributed by atoms with van der Waals surface area (Å²) in [6.07, 6.45) is -1.22. The first-order valence-corrected chi connectivity index (χ1v) is 12.9. The average Bonchev–Trinajstić information content (AvgIpc) is 2.80. The lowest BCUT2D eigenvalue weighted by Crippen LogP contribution is -2.67. The van der Waals surface area contributed by atoms with Crippen LogP contribution >= 0.6 is 0 Å². The monoisotopic (exact) mass is 464 g/mol. The van der Waals surface area contributed by atoms with Crippen molar-refractivity contribution in [1.82, 2.24) is 0 Å². The standard InChI is InChI=1S/C27H32O5Si/c1-27(2,3)33(22-11-7-5-8-12-22,23-13-9-6-10-14-23)32-19-24(28)25(26(29)30)20-15-17-21(31-4)18-16-20/h5-18,24-25,28H,19H2,1-4H3,(H,29,30)/t24-,25+/m0/s1. The minimum Gasteiger partial charge on any atom is -0.497 e. The van der Waals surface area contributed by atoms with Crippen LogP contribution in [0, 0.1) is 0 Å². The molecule has 3 aromatic carbocycles. The van der Waals surface area contributed by atoms with Crippen LogP contribution < -0.4 is 15.1 Å². The van der Waals surface area contributed by atoms with E-state index in [2.05, 4.69) is 45.0 Å². The van der Waals surface area contributed by atoms with Crippen molar-refractivity contribution in [2.45, 2.75) is 37.8 Å². The molecule has 0 saturated carbocycles. The number of carboxylic acids is 1. The fourth-order valence-electron chi connectivity index (χ4n) is 4.41. The number of aliphatic hydroxyl groups excluding tert-OH is 1. The number of hydrogen-bond donors (Lipinski definition) is 2. The van der Waals surface area contributed by atoms with Gasteiger partial charge in [-0.1, -0.05) is 93.6 Å². The van der Waals surface area contributed by atoms with Gasteiger partial charge in [0.2, 0.25) is 0 Å². The second-order valence-corrected chi connectivity index (χ2v) is 13.4. The molecule has 0 aliphatic heterocycles. The molecule has 0 fully saturated rings. The number of rotatable bonds is 9. The molecule has 0 spiro atoms. The van der Waals surface area contributed by atoms with E-state index >= 15 is 0 Å². The molecule has 0 bridgehead atoms. The van der Waals surface area contributed by atoms with E-state index in [1.54, 1.807) is 31.4 Å². The van der Waals surface area contributed by atoms with Crippen LogP contribution in [0.4, 0.5) is 0 Å². The van der Waals surface area contributed by atoms with Crippen molar-refractivity contribution in [3.63, 3.8) is 0 Å². The molecule has 2 N–H and O–H groups in total. The summed E-state index contributed by atoms with van der Waals surface area (Å²) in [5, 5.41) is 22.9. The molecule has 0 unspecified atom stereocenters. The van der Waals surface area contributed by atoms with Crippen molar-refractivity contribution in [3.8, 4) is 5.75 Å². The zero-order valence-corrected chi connectivity index (χ0v) is 20.6. The predicted molar refractivity (Wildman–Crippen MR) is 133 cm³/mol. The summed E-state index contributed by atoms with van der Waals surface area (Å²) in [6, 6.07) is 26.9. The second-order valence-electron chi connectivity index (χ2n) is 9.13. The van der Waals surface area contributed by atoms with E-state index in [1.807, 2.05) is 36.4 Å². The molecule has 0 heterocycles. The van der Waals surface area contributed by atoms with Crippen molar-refractivity contribution in [3.05, 3.63) is 90.5 Å². The highest BCUT2D eigenvalue weighted by Crippen LogP contribution is 2.37. The van der Waals surface area contributed by atoms with Crippen LogP contribution in [-0.4, -0.2) is 44.3 Å². The van der Waals surface area contributed by atoms with E-state index in [0.717, 1.165) is 10.4 Å². The van der Waals surface area contributed by atoms with Crippen LogP contribution in [0.3, 0.4) is 0 Å². The fraction of sp³-hybridized carbons (Fsp3) is 0.296. The van der Waals surface area contributed by atoms with Gasteiger partial charge in [0.25, 0.3) is 8.32 Å². The SMILES string of the molecule is COc1ccc([C@@H](C(=O)O)[C@@H](O)CO[Si](c2ccccc2)(c2ccccc2)C(C)(C)C)cc1. The number of benzene rings is 3. The average molecular weight is 465 g/mol. The highest BCUT2D eigenvalue weighted by atomic mass is 28.4. The third kappa shape index (κ3) is 5.19. The number of methoxy groups -OCH3 is 1. The third-order valence-electron chi connectivity index (χ3n) is 6.01. The van der Waals surface area contributed by atoms with Crippen LogP contribution in [0.25, 0.3) is 0 Å². The molecular weight excluding hydrogens is 432 g/mol. The van der Waals surface area contributed by atoms with Gasteiger partial charge in [-0.3, -0.25) is 4.79 Å². The van der Waals surface area contributed by atoms with E-state index in [0.29, 0.717) is 11.3 Å². The molecule has 2 atom stereocenters. The largest absolute Gasteiger partial charge is 0.497 e. The Labute approximate surface area is 196 Å². The number of hydrogen-bond acceptors (Lipinski definition) is 4. The maximum atomic E-state index is 12.1. The van der Waals surface area contributed by atoms with Gasteiger partial charge in [0, 0.05) is 0 Å². The summed E-state index contributed by atoms with van der Waals surface area (Å²) in [6.45, 7) is 6.33. The maximum absolute atomic E-state index is 12.1. The first-order chi connectivity index (χ1) is 15.7. The molecule has 0 amide bonds. The van der Waals surface area contributed by atoms with Gasteiger partial charge in [-0.05, 0) is 33.1 Å². The fourth-order valence-corrected chi connectivity index (χ4v) is 8.98. The summed E-state index contributed by atoms with van der Waals surface area (Å²) in [7, 11) is -1.33. The van der Waals surface area contributed by atoms with Gasteiger partial charge in [-0.15, -0.1) is 0 Å². The minimum atomic E-state index is -2.88. The zero-order valence-electron chi connectivity index (χ0n) is 19.6. The smallest absolute Gasteiger partial charge is 0.313 e. The van der Waals surface area contributed by atoms with Gasteiger partial charge in [0.05, 0.1) is 19.8 Å². The number of ether oxygens (including phenoxy) is 1. The van der Waals surface area contributed by atoms with Crippen molar-refractivity contribution in [1.29, 1.82) is 0 Å². The Balaban J connectivity index is 2.00. The van der Waals surface area contributed by atoms with Crippen LogP contribution in [-0.2, 0) is 9.22 Å². The zero-order chi connectivity index (χ0) is 24.1. The second kappa shape index (κ2) is 10.3. The maximum Gasteiger partial charge on any atom is 0.313 e. The van der Waals surface area contributed by atoms with Crippen molar-refractivity contribution in [2.24, 2.45) is 0 Å². The lowest BCUT2D eigenvalue weighted by atomic mass is 9.94. The highest BCUT2D eigenvalue weighted by molar-refractivity contribution is 6.99. The van der Waals surface area contributed by atoms with E-state index in [4.69, 9.17) is 9.16 Å². The number of aliphatic hydroxyl groups is 1. The lowest BCUT2D eigenvalue weighted by Gasteiger charge is -2.43. The molecule has 174 valence electrons. The van der Waals surface area contributed by atoms with Gasteiger partial charge >= 0.3 is 5.97 Å². The van der Waals surface area contributed by atoms with Crippen molar-refractivity contribution < 1.29 is 24.2 Å². The van der Waals surface area contributed by atoms with E-state index < -0.39 is 26.3 Å².